The second-order valence-electron chi connectivity index (χ2n) is 7.10. The molecule has 1 aromatic heterocycles. The number of carbonyl (C=O) groups is 1. The maximum atomic E-state index is 12.6. The van der Waals surface area contributed by atoms with E-state index in [9.17, 15) is 4.79 Å². The highest BCUT2D eigenvalue weighted by Crippen LogP contribution is 2.30. The molecule has 7 heteroatoms. The van der Waals surface area contributed by atoms with Crippen molar-refractivity contribution in [2.45, 2.75) is 31.7 Å². The Morgan fingerprint density at radius 1 is 1.13 bits per heavy atom. The summed E-state index contributed by atoms with van der Waals surface area (Å²) in [5.41, 5.74) is 0.499. The van der Waals surface area contributed by atoms with Gasteiger partial charge in [-0.05, 0) is 44.7 Å². The van der Waals surface area contributed by atoms with Crippen LogP contribution in [-0.2, 0) is 0 Å². The van der Waals surface area contributed by atoms with E-state index < -0.39 is 0 Å². The Morgan fingerprint density at radius 2 is 1.87 bits per heavy atom. The van der Waals surface area contributed by atoms with Gasteiger partial charge >= 0.3 is 0 Å². The number of rotatable bonds is 4. The van der Waals surface area contributed by atoms with Gasteiger partial charge in [-0.3, -0.25) is 9.69 Å². The minimum atomic E-state index is 0.0382. The molecule has 1 saturated carbocycles. The van der Waals surface area contributed by atoms with Crippen molar-refractivity contribution >= 4 is 5.91 Å². The van der Waals surface area contributed by atoms with Crippen LogP contribution < -0.4 is 5.32 Å². The van der Waals surface area contributed by atoms with Crippen LogP contribution in [0.25, 0.3) is 0 Å². The van der Waals surface area contributed by atoms with E-state index in [1.165, 1.54) is 19.4 Å². The van der Waals surface area contributed by atoms with Crippen LogP contribution >= 0.6 is 0 Å². The summed E-state index contributed by atoms with van der Waals surface area (Å²) in [5.74, 6) is 0.957. The third-order valence-corrected chi connectivity index (χ3v) is 5.29. The van der Waals surface area contributed by atoms with Crippen molar-refractivity contribution in [1.29, 1.82) is 0 Å². The first-order chi connectivity index (χ1) is 11.3. The first-order valence-electron chi connectivity index (χ1n) is 8.94. The molecule has 7 nitrogen and oxygen atoms in total. The lowest BCUT2D eigenvalue weighted by Crippen LogP contribution is -2.49. The van der Waals surface area contributed by atoms with Gasteiger partial charge in [-0.25, -0.2) is 4.68 Å². The highest BCUT2D eigenvalue weighted by molar-refractivity contribution is 5.92. The predicted molar refractivity (Wildman–Crippen MR) is 86.2 cm³/mol. The maximum absolute atomic E-state index is 12.6. The Balaban J connectivity index is 1.32. The van der Waals surface area contributed by atoms with Gasteiger partial charge in [-0.2, -0.15) is 0 Å². The predicted octanol–water partition coefficient (Wildman–Crippen LogP) is 0.370. The van der Waals surface area contributed by atoms with Crippen molar-refractivity contribution in [2.75, 3.05) is 45.8 Å². The van der Waals surface area contributed by atoms with Gasteiger partial charge in [0, 0.05) is 32.7 Å². The minimum absolute atomic E-state index is 0.0382. The van der Waals surface area contributed by atoms with Gasteiger partial charge in [0.2, 0.25) is 0 Å². The fourth-order valence-corrected chi connectivity index (χ4v) is 3.59. The molecule has 0 spiro atoms. The van der Waals surface area contributed by atoms with Crippen LogP contribution in [0.1, 0.15) is 42.2 Å². The molecule has 4 rings (SSSR count). The number of nitrogens with one attached hydrogen (secondary N) is 1. The van der Waals surface area contributed by atoms with Crippen LogP contribution in [0.3, 0.4) is 0 Å². The highest BCUT2D eigenvalue weighted by atomic mass is 16.2. The first kappa shape index (κ1) is 15.1. The summed E-state index contributed by atoms with van der Waals surface area (Å²) < 4.78 is 1.89. The number of nitrogens with zero attached hydrogens (tertiary/aromatic N) is 5. The van der Waals surface area contributed by atoms with Gasteiger partial charge in [0.25, 0.3) is 5.91 Å². The molecule has 1 amide bonds. The lowest BCUT2D eigenvalue weighted by atomic mass is 10.1. The molecule has 2 aliphatic heterocycles. The molecule has 3 fully saturated rings. The summed E-state index contributed by atoms with van der Waals surface area (Å²) in [6.07, 6.45) is 6.72. The number of amides is 1. The molecule has 1 aliphatic carbocycles. The van der Waals surface area contributed by atoms with Crippen molar-refractivity contribution in [3.63, 3.8) is 0 Å². The number of hydrogen-bond donors (Lipinski definition) is 1. The summed E-state index contributed by atoms with van der Waals surface area (Å²) in [5, 5.41) is 11.7. The Bertz CT molecular complexity index is 541. The van der Waals surface area contributed by atoms with E-state index in [1.54, 1.807) is 0 Å². The van der Waals surface area contributed by atoms with Gasteiger partial charge in [0.15, 0.2) is 5.69 Å². The van der Waals surface area contributed by atoms with Crippen LogP contribution in [0.15, 0.2) is 6.20 Å². The number of aromatic nitrogens is 3. The van der Waals surface area contributed by atoms with Gasteiger partial charge in [0.05, 0.1) is 12.2 Å². The molecule has 23 heavy (non-hydrogen) atoms. The van der Waals surface area contributed by atoms with Crippen LogP contribution in [0.4, 0.5) is 0 Å². The average molecular weight is 318 g/mol. The normalized spacial score (nSPS) is 24.1. The molecule has 2 saturated heterocycles. The maximum Gasteiger partial charge on any atom is 0.276 e. The lowest BCUT2D eigenvalue weighted by Gasteiger charge is -2.34. The van der Waals surface area contributed by atoms with Gasteiger partial charge < -0.3 is 10.2 Å². The Labute approximate surface area is 137 Å². The number of carbonyl (C=O) groups excluding carboxylic acids is 1. The molecule has 0 unspecified atom stereocenters. The zero-order valence-corrected chi connectivity index (χ0v) is 13.7. The molecule has 0 radical (unpaired) electrons. The third-order valence-electron chi connectivity index (χ3n) is 5.29. The van der Waals surface area contributed by atoms with Crippen molar-refractivity contribution in [3.05, 3.63) is 11.9 Å². The van der Waals surface area contributed by atoms with E-state index in [-0.39, 0.29) is 5.91 Å². The second-order valence-corrected chi connectivity index (χ2v) is 7.10. The van der Waals surface area contributed by atoms with Gasteiger partial charge in [0.1, 0.15) is 0 Å². The van der Waals surface area contributed by atoms with Crippen LogP contribution in [0, 0.1) is 5.92 Å². The minimum Gasteiger partial charge on any atom is -0.335 e. The van der Waals surface area contributed by atoms with E-state index in [0.29, 0.717) is 11.7 Å². The van der Waals surface area contributed by atoms with Crippen LogP contribution in [0.2, 0.25) is 0 Å². The largest absolute Gasteiger partial charge is 0.335 e. The molecule has 126 valence electrons. The van der Waals surface area contributed by atoms with E-state index >= 15 is 0 Å². The summed E-state index contributed by atoms with van der Waals surface area (Å²) in [7, 11) is 0. The average Bonchev–Trinajstić information content (AvgIpc) is 3.27. The molecule has 3 aliphatic rings. The Kier molecular flexibility index (Phi) is 4.31. The Hall–Kier alpha value is -1.47. The zero-order chi connectivity index (χ0) is 15.6. The molecule has 1 N–H and O–H groups in total. The number of piperidine rings is 1. The van der Waals surface area contributed by atoms with E-state index in [2.05, 4.69) is 20.5 Å². The van der Waals surface area contributed by atoms with E-state index in [4.69, 9.17) is 0 Å². The molecule has 0 atom stereocenters. The quantitative estimate of drug-likeness (QED) is 0.869. The molecule has 0 bridgehead atoms. The smallest absolute Gasteiger partial charge is 0.276 e. The molecular formula is C16H26N6O. The third kappa shape index (κ3) is 3.55. The fourth-order valence-electron chi connectivity index (χ4n) is 3.59. The molecule has 0 aromatic carbocycles. The van der Waals surface area contributed by atoms with Crippen molar-refractivity contribution in [3.8, 4) is 0 Å². The monoisotopic (exact) mass is 318 g/mol. The second kappa shape index (κ2) is 6.57. The summed E-state index contributed by atoms with van der Waals surface area (Å²) >= 11 is 0. The van der Waals surface area contributed by atoms with Gasteiger partial charge in [-0.15, -0.1) is 5.10 Å². The molecular weight excluding hydrogens is 292 g/mol. The van der Waals surface area contributed by atoms with Crippen LogP contribution in [0.5, 0.6) is 0 Å². The molecule has 3 heterocycles. The standard InChI is InChI=1S/C16H26N6O/c23-16(21-9-7-20(8-10-21)11-13-1-2-13)15-12-22(19-18-15)14-3-5-17-6-4-14/h12-14,17H,1-11H2. The highest BCUT2D eigenvalue weighted by Gasteiger charge is 2.29. The number of hydrogen-bond acceptors (Lipinski definition) is 5. The summed E-state index contributed by atoms with van der Waals surface area (Å²) in [6, 6.07) is 0.376. The van der Waals surface area contributed by atoms with Crippen LogP contribution in [-0.4, -0.2) is 76.5 Å². The van der Waals surface area contributed by atoms with E-state index in [1.807, 2.05) is 15.8 Å². The topological polar surface area (TPSA) is 66.3 Å². The summed E-state index contributed by atoms with van der Waals surface area (Å²) in [4.78, 5) is 17.0. The SMILES string of the molecule is O=C(c1cn(C2CCNCC2)nn1)N1CCN(CC2CC2)CC1. The van der Waals surface area contributed by atoms with Crippen molar-refractivity contribution in [1.82, 2.24) is 30.1 Å². The molecule has 1 aromatic rings. The number of piperazine rings is 1. The summed E-state index contributed by atoms with van der Waals surface area (Å²) in [6.45, 7) is 6.84. The van der Waals surface area contributed by atoms with Crippen molar-refractivity contribution < 1.29 is 4.79 Å². The zero-order valence-electron chi connectivity index (χ0n) is 13.7. The Morgan fingerprint density at radius 3 is 2.57 bits per heavy atom. The van der Waals surface area contributed by atoms with Crippen molar-refractivity contribution in [2.24, 2.45) is 5.92 Å². The lowest BCUT2D eigenvalue weighted by molar-refractivity contribution is 0.0626. The first-order valence-corrected chi connectivity index (χ1v) is 8.94. The van der Waals surface area contributed by atoms with E-state index in [0.717, 1.165) is 58.0 Å². The van der Waals surface area contributed by atoms with Gasteiger partial charge in [-0.1, -0.05) is 5.21 Å². The fraction of sp³-hybridized carbons (Fsp3) is 0.812.